The van der Waals surface area contributed by atoms with Crippen LogP contribution in [-0.4, -0.2) is 54.2 Å². The average Bonchev–Trinajstić information content (AvgIpc) is 3.56. The van der Waals surface area contributed by atoms with E-state index in [1.54, 1.807) is 0 Å². The van der Waals surface area contributed by atoms with E-state index in [-0.39, 0.29) is 35.9 Å². The van der Waals surface area contributed by atoms with E-state index in [1.165, 1.54) is 27.7 Å². The fraction of sp³-hybridized carbons (Fsp3) is 0.607. The van der Waals surface area contributed by atoms with Gasteiger partial charge < -0.3 is 10.6 Å². The third-order valence-electron chi connectivity index (χ3n) is 8.21. The number of aromatic nitrogens is 5. The Kier molecular flexibility index (Phi) is 8.39. The van der Waals surface area contributed by atoms with Crippen molar-refractivity contribution >= 4 is 17.5 Å². The van der Waals surface area contributed by atoms with E-state index in [0.29, 0.717) is 0 Å². The molecule has 44 heavy (non-hydrogen) atoms. The van der Waals surface area contributed by atoms with Crippen LogP contribution in [0.25, 0.3) is 5.65 Å². The first-order valence-electron chi connectivity index (χ1n) is 14.3. The molecule has 0 radical (unpaired) electrons. The molecule has 16 heteroatoms. The van der Waals surface area contributed by atoms with Gasteiger partial charge in [0, 0.05) is 49.9 Å². The van der Waals surface area contributed by atoms with E-state index in [0.717, 1.165) is 12.3 Å². The largest absolute Gasteiger partial charge is 0.412 e. The van der Waals surface area contributed by atoms with Crippen LogP contribution in [0.1, 0.15) is 98.7 Å². The molecule has 2 aliphatic rings. The number of hydrogen-bond donors (Lipinski definition) is 2. The quantitative estimate of drug-likeness (QED) is 0.284. The molecule has 3 heterocycles. The molecule has 0 spiro atoms. The van der Waals surface area contributed by atoms with E-state index in [1.807, 2.05) is 19.2 Å². The fourth-order valence-electron chi connectivity index (χ4n) is 5.93. The van der Waals surface area contributed by atoms with Crippen LogP contribution in [-0.2, 0) is 4.79 Å². The van der Waals surface area contributed by atoms with E-state index >= 15 is 0 Å². The number of carbonyl (C=O) groups excluding carboxylic acids is 2. The number of nitrogens with zero attached hydrogens (tertiary/aromatic N) is 5. The van der Waals surface area contributed by atoms with Crippen molar-refractivity contribution in [2.45, 2.75) is 94.9 Å². The van der Waals surface area contributed by atoms with E-state index in [2.05, 4.69) is 20.5 Å². The summed E-state index contributed by atoms with van der Waals surface area (Å²) in [4.78, 5) is 30.1. The number of alkyl halides is 7. The van der Waals surface area contributed by atoms with Crippen LogP contribution in [0.5, 0.6) is 0 Å². The Labute approximate surface area is 247 Å². The highest BCUT2D eigenvalue weighted by Crippen LogP contribution is 2.44. The molecule has 0 aromatic carbocycles. The summed E-state index contributed by atoms with van der Waals surface area (Å²) in [6.07, 6.45) is -3.38. The molecular formula is C28H32F7N7O2. The minimum atomic E-state index is -4.93. The van der Waals surface area contributed by atoms with Crippen molar-refractivity contribution in [1.29, 1.82) is 0 Å². The summed E-state index contributed by atoms with van der Waals surface area (Å²) in [7, 11) is 0. The molecule has 2 saturated carbocycles. The average molecular weight is 632 g/mol. The normalized spacial score (nSPS) is 20.3. The van der Waals surface area contributed by atoms with E-state index < -0.39 is 91.4 Å². The lowest BCUT2D eigenvalue weighted by atomic mass is 9.79. The topological polar surface area (TPSA) is 106 Å². The Hall–Kier alpha value is -3.72. The summed E-state index contributed by atoms with van der Waals surface area (Å²) in [5.74, 6) is -8.44. The van der Waals surface area contributed by atoms with Crippen LogP contribution in [0, 0.1) is 11.8 Å². The smallest absolute Gasteiger partial charge is 0.342 e. The first-order chi connectivity index (χ1) is 20.5. The predicted octanol–water partition coefficient (Wildman–Crippen LogP) is 5.96. The third kappa shape index (κ3) is 6.98. The molecule has 3 aromatic rings. The third-order valence-corrected chi connectivity index (χ3v) is 8.21. The van der Waals surface area contributed by atoms with Crippen LogP contribution >= 0.6 is 0 Å². The van der Waals surface area contributed by atoms with E-state index in [9.17, 15) is 40.3 Å². The van der Waals surface area contributed by atoms with Crippen LogP contribution in [0.3, 0.4) is 0 Å². The van der Waals surface area contributed by atoms with Crippen molar-refractivity contribution in [3.8, 4) is 0 Å². The Bertz CT molecular complexity index is 1500. The molecule has 3 aromatic heterocycles. The SMILES string of the molecule is CC(C)n1nccc1C(=O)N[C@H](c1cn2ncc(C(NC(=O)CC3CC(F)(F)C3)C(F)(F)F)cc2n1)C1CCC(F)(F)CC1. The number of hydrogen-bond acceptors (Lipinski definition) is 5. The summed E-state index contributed by atoms with van der Waals surface area (Å²) in [6.45, 7) is 3.66. The van der Waals surface area contributed by atoms with Gasteiger partial charge in [-0.15, -0.1) is 0 Å². The number of rotatable bonds is 9. The highest BCUT2D eigenvalue weighted by Gasteiger charge is 2.47. The van der Waals surface area contributed by atoms with Gasteiger partial charge in [0.15, 0.2) is 11.7 Å². The lowest BCUT2D eigenvalue weighted by Crippen LogP contribution is -2.42. The van der Waals surface area contributed by atoms with Crippen molar-refractivity contribution < 1.29 is 40.3 Å². The molecule has 1 unspecified atom stereocenters. The molecule has 2 aliphatic carbocycles. The Balaban J connectivity index is 1.41. The molecule has 2 atom stereocenters. The van der Waals surface area contributed by atoms with Gasteiger partial charge in [0.2, 0.25) is 17.8 Å². The molecule has 9 nitrogen and oxygen atoms in total. The monoisotopic (exact) mass is 631 g/mol. The Morgan fingerprint density at radius 2 is 1.73 bits per heavy atom. The van der Waals surface area contributed by atoms with Gasteiger partial charge in [-0.3, -0.25) is 14.3 Å². The molecule has 0 aliphatic heterocycles. The molecule has 2 fully saturated rings. The van der Waals surface area contributed by atoms with Crippen molar-refractivity contribution in [3.05, 3.63) is 47.7 Å². The van der Waals surface area contributed by atoms with Crippen molar-refractivity contribution in [1.82, 2.24) is 35.0 Å². The zero-order valence-corrected chi connectivity index (χ0v) is 23.9. The second-order valence-corrected chi connectivity index (χ2v) is 12.0. The van der Waals surface area contributed by atoms with Gasteiger partial charge in [0.1, 0.15) is 5.69 Å². The van der Waals surface area contributed by atoms with Gasteiger partial charge in [-0.1, -0.05) is 0 Å². The van der Waals surface area contributed by atoms with Gasteiger partial charge >= 0.3 is 6.18 Å². The first kappa shape index (κ1) is 31.7. The maximum atomic E-state index is 14.0. The maximum Gasteiger partial charge on any atom is 0.412 e. The zero-order valence-electron chi connectivity index (χ0n) is 23.9. The van der Waals surface area contributed by atoms with Crippen LogP contribution < -0.4 is 10.6 Å². The highest BCUT2D eigenvalue weighted by atomic mass is 19.4. The van der Waals surface area contributed by atoms with Gasteiger partial charge in [0.25, 0.3) is 5.91 Å². The van der Waals surface area contributed by atoms with Gasteiger partial charge in [-0.25, -0.2) is 27.1 Å². The summed E-state index contributed by atoms with van der Waals surface area (Å²) >= 11 is 0. The summed E-state index contributed by atoms with van der Waals surface area (Å²) < 4.78 is 99.0. The lowest BCUT2D eigenvalue weighted by molar-refractivity contribution is -0.165. The molecular weight excluding hydrogens is 599 g/mol. The molecule has 0 saturated heterocycles. The van der Waals surface area contributed by atoms with Gasteiger partial charge in [-0.2, -0.15) is 23.4 Å². The second kappa shape index (κ2) is 11.7. The van der Waals surface area contributed by atoms with Gasteiger partial charge in [0.05, 0.1) is 24.1 Å². The number of imidazole rings is 1. The number of halogens is 7. The number of nitrogens with one attached hydrogen (secondary N) is 2. The minimum absolute atomic E-state index is 0.0350. The van der Waals surface area contributed by atoms with Crippen molar-refractivity contribution in [2.75, 3.05) is 0 Å². The number of amides is 2. The van der Waals surface area contributed by atoms with Crippen LogP contribution in [0.2, 0.25) is 0 Å². The molecule has 240 valence electrons. The van der Waals surface area contributed by atoms with Crippen LogP contribution in [0.4, 0.5) is 30.7 Å². The zero-order chi connectivity index (χ0) is 32.0. The fourth-order valence-corrected chi connectivity index (χ4v) is 5.93. The lowest BCUT2D eigenvalue weighted by Gasteiger charge is -2.34. The van der Waals surface area contributed by atoms with E-state index in [4.69, 9.17) is 0 Å². The number of carbonyl (C=O) groups is 2. The first-order valence-corrected chi connectivity index (χ1v) is 14.3. The second-order valence-electron chi connectivity index (χ2n) is 12.0. The van der Waals surface area contributed by atoms with Crippen molar-refractivity contribution in [3.63, 3.8) is 0 Å². The number of fused-ring (bicyclic) bond motifs is 1. The molecule has 2 amide bonds. The molecule has 0 bridgehead atoms. The van der Waals surface area contributed by atoms with Crippen molar-refractivity contribution in [2.24, 2.45) is 11.8 Å². The summed E-state index contributed by atoms with van der Waals surface area (Å²) in [5.41, 5.74) is -0.0163. The highest BCUT2D eigenvalue weighted by molar-refractivity contribution is 5.92. The summed E-state index contributed by atoms with van der Waals surface area (Å²) in [5, 5.41) is 12.9. The molecule has 2 N–H and O–H groups in total. The molecule has 5 rings (SSSR count). The Morgan fingerprint density at radius 3 is 2.34 bits per heavy atom. The summed E-state index contributed by atoms with van der Waals surface area (Å²) in [6, 6.07) is -0.888. The maximum absolute atomic E-state index is 14.0. The Morgan fingerprint density at radius 1 is 1.05 bits per heavy atom. The standard InChI is InChI=1S/C28H32F7N7O2/c1-15(2)42-20(5-8-36-42)25(44)40-23(17-3-6-26(29,30)7-4-17)19-14-41-21(38-19)10-18(13-37-41)24(28(33,34)35)39-22(43)9-16-11-27(31,32)12-16/h5,8,10,13-17,23-24H,3-4,6-7,9,11-12H2,1-2H3,(H,39,43)(H,40,44)/t23-,24?/m0/s1. The predicted molar refractivity (Wildman–Crippen MR) is 142 cm³/mol. The van der Waals surface area contributed by atoms with Crippen LogP contribution in [0.15, 0.2) is 30.7 Å². The van der Waals surface area contributed by atoms with Gasteiger partial charge in [-0.05, 0) is 50.7 Å². The minimum Gasteiger partial charge on any atom is -0.342 e.